The first-order chi connectivity index (χ1) is 40.8. The van der Waals surface area contributed by atoms with Gasteiger partial charge in [0.1, 0.15) is 25.3 Å². The van der Waals surface area contributed by atoms with Gasteiger partial charge in [0.2, 0.25) is 23.6 Å². The lowest BCUT2D eigenvalue weighted by Gasteiger charge is -2.27. The van der Waals surface area contributed by atoms with Gasteiger partial charge in [-0.3, -0.25) is 57.7 Å². The van der Waals surface area contributed by atoms with Crippen LogP contribution >= 0.6 is 0 Å². The summed E-state index contributed by atoms with van der Waals surface area (Å²) in [7, 11) is -1.97. The number of aliphatic imine (C=N–C) groups is 1. The second kappa shape index (κ2) is 24.7. The van der Waals surface area contributed by atoms with Gasteiger partial charge in [0.25, 0.3) is 33.7 Å². The topological polar surface area (TPSA) is 310 Å². The molecule has 0 aromatic heterocycles. The van der Waals surface area contributed by atoms with Crippen molar-refractivity contribution >= 4 is 92.0 Å². The molecule has 85 heavy (non-hydrogen) atoms. The number of fused-ring (bicyclic) bond motifs is 8. The van der Waals surface area contributed by atoms with E-state index in [-0.39, 0.29) is 103 Å². The lowest BCUT2D eigenvalue weighted by atomic mass is 10.1. The predicted octanol–water partition coefficient (Wildman–Crippen LogP) is 4.91. The molecule has 0 spiro atoms. The molecule has 5 aromatic carbocycles. The molecule has 5 aliphatic rings. The number of methoxy groups -OCH3 is 2. The average molecular weight is 1180 g/mol. The van der Waals surface area contributed by atoms with Crippen molar-refractivity contribution in [2.45, 2.75) is 95.1 Å². The highest BCUT2D eigenvalue weighted by Gasteiger charge is 2.47. The quantitative estimate of drug-likeness (QED) is 0.0305. The minimum absolute atomic E-state index is 0.00982. The highest BCUT2D eigenvalue weighted by atomic mass is 32.2. The van der Waals surface area contributed by atoms with Gasteiger partial charge in [-0.15, -0.1) is 0 Å². The summed E-state index contributed by atoms with van der Waals surface area (Å²) < 4.78 is 60.7. The number of imide groups is 1. The molecule has 0 fully saturated rings. The minimum atomic E-state index is -4.80. The van der Waals surface area contributed by atoms with Crippen LogP contribution in [0.25, 0.3) is 0 Å². The molecule has 6 N–H and O–H groups in total. The fourth-order valence-corrected chi connectivity index (χ4v) is 11.8. The van der Waals surface area contributed by atoms with Crippen LogP contribution in [-0.2, 0) is 64.9 Å². The van der Waals surface area contributed by atoms with Crippen molar-refractivity contribution in [1.29, 1.82) is 0 Å². The fraction of sp³-hybridized carbons (Fsp3) is 0.317. The lowest BCUT2D eigenvalue weighted by molar-refractivity contribution is -0.137. The molecule has 442 valence electrons. The Bertz CT molecular complexity index is 3720. The molecule has 8 amide bonds. The molecule has 5 atom stereocenters. The number of para-hydroxylation sites is 2. The zero-order chi connectivity index (χ0) is 60.3. The summed E-state index contributed by atoms with van der Waals surface area (Å²) in [5.41, 5.74) is 5.10. The zero-order valence-corrected chi connectivity index (χ0v) is 47.5. The summed E-state index contributed by atoms with van der Waals surface area (Å²) in [5.74, 6) is -3.01. The molecular formula is C60H61N9O15S. The number of unbranched alkanes of at least 4 members (excludes halogenated alkanes) is 1. The Labute approximate surface area is 488 Å². The molecule has 0 aliphatic carbocycles. The van der Waals surface area contributed by atoms with E-state index in [0.717, 1.165) is 33.9 Å². The molecule has 5 heterocycles. The third-order valence-electron chi connectivity index (χ3n) is 15.1. The predicted molar refractivity (Wildman–Crippen MR) is 311 cm³/mol. The van der Waals surface area contributed by atoms with E-state index in [4.69, 9.17) is 23.9 Å². The Morgan fingerprint density at radius 2 is 1.27 bits per heavy atom. The van der Waals surface area contributed by atoms with Crippen LogP contribution < -0.4 is 55.3 Å². The Hall–Kier alpha value is -9.62. The van der Waals surface area contributed by atoms with E-state index >= 15 is 0 Å². The van der Waals surface area contributed by atoms with Crippen molar-refractivity contribution in [2.24, 2.45) is 4.99 Å². The fourth-order valence-electron chi connectivity index (χ4n) is 10.9. The smallest absolute Gasteiger partial charge is 0.288 e. The number of hydrogen-bond donors (Lipinski definition) is 6. The van der Waals surface area contributed by atoms with Crippen molar-refractivity contribution in [3.8, 4) is 23.0 Å². The molecule has 10 rings (SSSR count). The SMILES string of the molecule is COc1cc2c(cc1OCc1cc(COc3cc4c(cc3OC)C(=O)N3c5ccccc5CC3C(S(=O)(=O)O)N4)cc(NC(=O)[C@H](C)NC(=O)[C@H](C)NC(=O)CCCCC(=O)NCCN3C(=O)C=CC3=O)c1)N=C[C@@H]1Cc3ccccc3N1C2=O. The van der Waals surface area contributed by atoms with Crippen molar-refractivity contribution in [3.63, 3.8) is 0 Å². The number of hydrogen-bond acceptors (Lipinski definition) is 16. The zero-order valence-electron chi connectivity index (χ0n) is 46.7. The van der Waals surface area contributed by atoms with Gasteiger partial charge >= 0.3 is 0 Å². The summed E-state index contributed by atoms with van der Waals surface area (Å²) in [5, 5.41) is 12.0. The number of amides is 8. The maximum Gasteiger partial charge on any atom is 0.288 e. The van der Waals surface area contributed by atoms with Gasteiger partial charge in [-0.2, -0.15) is 8.42 Å². The standard InChI is InChI=1S/C60H61N9O15S/c1-33(63-53(71)16-10-9-15-52(70)61-19-20-67-54(72)17-18-55(67)73)56(74)64-34(2)57(75)65-39-22-35(31-83-50-28-43-41(26-48(50)81-3)59(76)68-40(30-62-43)24-37-11-5-7-13-45(37)68)21-36(23-39)32-84-51-29-44-42(27-49(51)82-4)60(77)69-46-14-8-6-12-38(46)25-47(69)58(66-44)85(78,79)80/h5-8,11-14,17-18,21-23,26-30,33-34,40,47,58,66H,9-10,15-16,19-20,24-25,31-32H2,1-4H3,(H,61,70)(H,63,71)(H,64,74)(H,65,75)(H,78,79,80)/t33-,34-,40-,47?,58?/m0/s1. The van der Waals surface area contributed by atoms with Gasteiger partial charge in [-0.05, 0) is 97.8 Å². The number of rotatable bonds is 22. The van der Waals surface area contributed by atoms with E-state index < -0.39 is 69.1 Å². The van der Waals surface area contributed by atoms with Crippen LogP contribution in [0.5, 0.6) is 23.0 Å². The Morgan fingerprint density at radius 3 is 1.92 bits per heavy atom. The van der Waals surface area contributed by atoms with E-state index in [1.165, 1.54) is 45.1 Å². The lowest BCUT2D eigenvalue weighted by Crippen LogP contribution is -2.50. The summed E-state index contributed by atoms with van der Waals surface area (Å²) in [6.07, 6.45) is 5.61. The Kier molecular flexibility index (Phi) is 17.0. The van der Waals surface area contributed by atoms with Crippen molar-refractivity contribution in [1.82, 2.24) is 20.9 Å². The summed E-state index contributed by atoms with van der Waals surface area (Å²) in [6, 6.07) is 22.3. The number of carbonyl (C=O) groups is 8. The normalized spacial score (nSPS) is 17.8. The van der Waals surface area contributed by atoms with Crippen LogP contribution in [0.15, 0.2) is 108 Å². The van der Waals surface area contributed by atoms with Gasteiger partial charge in [-0.1, -0.05) is 36.4 Å². The number of carbonyl (C=O) groups excluding carboxylic acids is 8. The molecule has 25 heteroatoms. The molecule has 2 unspecified atom stereocenters. The highest BCUT2D eigenvalue weighted by molar-refractivity contribution is 7.86. The van der Waals surface area contributed by atoms with Gasteiger partial charge in [0.15, 0.2) is 28.4 Å². The molecule has 0 saturated heterocycles. The second-order valence-corrected chi connectivity index (χ2v) is 22.5. The van der Waals surface area contributed by atoms with Crippen LogP contribution in [0, 0.1) is 0 Å². The van der Waals surface area contributed by atoms with Crippen LogP contribution in [-0.4, -0.2) is 128 Å². The number of ether oxygens (including phenoxy) is 4. The van der Waals surface area contributed by atoms with Crippen molar-refractivity contribution in [3.05, 3.63) is 137 Å². The third kappa shape index (κ3) is 12.7. The van der Waals surface area contributed by atoms with E-state index in [9.17, 15) is 51.3 Å². The number of anilines is 4. The first-order valence-electron chi connectivity index (χ1n) is 27.4. The summed E-state index contributed by atoms with van der Waals surface area (Å²) >= 11 is 0. The largest absolute Gasteiger partial charge is 0.493 e. The second-order valence-electron chi connectivity index (χ2n) is 20.9. The van der Waals surface area contributed by atoms with Crippen molar-refractivity contribution in [2.75, 3.05) is 47.7 Å². The maximum absolute atomic E-state index is 14.3. The van der Waals surface area contributed by atoms with E-state index in [2.05, 4.69) is 26.6 Å². The van der Waals surface area contributed by atoms with Gasteiger partial charge < -0.3 is 50.4 Å². The summed E-state index contributed by atoms with van der Waals surface area (Å²) in [4.78, 5) is 113. The molecule has 0 radical (unpaired) electrons. The Balaban J connectivity index is 0.831. The molecule has 0 bridgehead atoms. The monoisotopic (exact) mass is 1180 g/mol. The minimum Gasteiger partial charge on any atom is -0.493 e. The van der Waals surface area contributed by atoms with Crippen molar-refractivity contribution < 1.29 is 70.3 Å². The average Bonchev–Trinajstić information content (AvgIpc) is 2.20. The van der Waals surface area contributed by atoms with E-state index in [1.807, 2.05) is 24.3 Å². The highest BCUT2D eigenvalue weighted by Crippen LogP contribution is 2.44. The molecule has 5 aromatic rings. The molecule has 24 nitrogen and oxygen atoms in total. The number of nitrogens with zero attached hydrogens (tertiary/aromatic N) is 4. The number of nitrogens with one attached hydrogen (secondary N) is 5. The van der Waals surface area contributed by atoms with E-state index in [1.54, 1.807) is 65.7 Å². The summed E-state index contributed by atoms with van der Waals surface area (Å²) in [6.45, 7) is 2.71. The Morgan fingerprint density at radius 1 is 0.694 bits per heavy atom. The van der Waals surface area contributed by atoms with Gasteiger partial charge in [0.05, 0.1) is 48.8 Å². The molecule has 0 saturated carbocycles. The van der Waals surface area contributed by atoms with E-state index in [0.29, 0.717) is 47.3 Å². The van der Waals surface area contributed by atoms with Gasteiger partial charge in [0, 0.05) is 79.9 Å². The van der Waals surface area contributed by atoms with Crippen LogP contribution in [0.2, 0.25) is 0 Å². The first kappa shape index (κ1) is 58.6. The third-order valence-corrected chi connectivity index (χ3v) is 16.2. The van der Waals surface area contributed by atoms with Crippen LogP contribution in [0.3, 0.4) is 0 Å². The van der Waals surface area contributed by atoms with Crippen LogP contribution in [0.4, 0.5) is 28.4 Å². The number of benzene rings is 5. The maximum atomic E-state index is 14.3. The van der Waals surface area contributed by atoms with Crippen LogP contribution in [0.1, 0.15) is 82.5 Å². The van der Waals surface area contributed by atoms with Gasteiger partial charge in [-0.25, -0.2) is 0 Å². The molecule has 5 aliphatic heterocycles. The first-order valence-corrected chi connectivity index (χ1v) is 28.9. The molecular weight excluding hydrogens is 1120 g/mol.